The Hall–Kier alpha value is -3.86. The highest BCUT2D eigenvalue weighted by Gasteiger charge is 2.09. The van der Waals surface area contributed by atoms with Gasteiger partial charge in [0.15, 0.2) is 0 Å². The Morgan fingerprint density at radius 1 is 0.893 bits per heavy atom. The fourth-order valence-corrected chi connectivity index (χ4v) is 3.49. The first-order chi connectivity index (χ1) is 13.7. The highest BCUT2D eigenvalue weighted by molar-refractivity contribution is 6.05. The number of benzene rings is 3. The van der Waals surface area contributed by atoms with Crippen LogP contribution in [0, 0.1) is 0 Å². The number of carbonyl (C=O) groups excluding carboxylic acids is 1. The van der Waals surface area contributed by atoms with E-state index in [1.807, 2.05) is 96.9 Å². The minimum Gasteiger partial charge on any atom is -0.351 e. The number of carbonyl (C=O) groups is 1. The molecule has 3 aromatic carbocycles. The number of aromatic nitrogens is 3. The number of nitrogens with zero attached hydrogens (tertiary/aromatic N) is 3. The molecule has 2 aromatic heterocycles. The van der Waals surface area contributed by atoms with Crippen LogP contribution in [0.25, 0.3) is 27.5 Å². The van der Waals surface area contributed by atoms with Crippen molar-refractivity contribution < 1.29 is 4.79 Å². The number of fused-ring (bicyclic) bond motifs is 2. The number of aryl methyl sites for hydroxylation is 1. The van der Waals surface area contributed by atoms with Crippen molar-refractivity contribution in [1.29, 1.82) is 0 Å². The highest BCUT2D eigenvalue weighted by Crippen LogP contribution is 2.21. The van der Waals surface area contributed by atoms with E-state index in [-0.39, 0.29) is 5.91 Å². The number of amides is 1. The van der Waals surface area contributed by atoms with Gasteiger partial charge in [0, 0.05) is 40.8 Å². The quantitative estimate of drug-likeness (QED) is 0.500. The molecule has 0 aliphatic heterocycles. The second kappa shape index (κ2) is 6.39. The summed E-state index contributed by atoms with van der Waals surface area (Å²) in [6, 6.07) is 23.5. The standard InChI is InChI=1S/C23H18N4O/c1-26-13-12-17-14-19(8-11-21(17)26)25-23(28)16-6-9-20(10-7-16)27-22-5-3-2-4-18(22)15-24-27/h2-15H,1H3,(H,25,28). The maximum Gasteiger partial charge on any atom is 0.255 e. The van der Waals surface area contributed by atoms with E-state index in [0.29, 0.717) is 5.56 Å². The zero-order chi connectivity index (χ0) is 19.1. The molecule has 28 heavy (non-hydrogen) atoms. The normalized spacial score (nSPS) is 11.2. The molecule has 1 amide bonds. The number of hydrogen-bond donors (Lipinski definition) is 1. The van der Waals surface area contributed by atoms with E-state index in [1.165, 1.54) is 0 Å². The van der Waals surface area contributed by atoms with Crippen molar-refractivity contribution in [2.75, 3.05) is 5.32 Å². The predicted octanol–water partition coefficient (Wildman–Crippen LogP) is 4.77. The molecule has 2 heterocycles. The van der Waals surface area contributed by atoms with Gasteiger partial charge in [-0.2, -0.15) is 5.10 Å². The van der Waals surface area contributed by atoms with E-state index in [1.54, 1.807) is 0 Å². The van der Waals surface area contributed by atoms with E-state index >= 15 is 0 Å². The predicted molar refractivity (Wildman–Crippen MR) is 112 cm³/mol. The number of rotatable bonds is 3. The van der Waals surface area contributed by atoms with Gasteiger partial charge in [0.2, 0.25) is 0 Å². The van der Waals surface area contributed by atoms with Crippen LogP contribution in [0.5, 0.6) is 0 Å². The Bertz CT molecular complexity index is 1310. The van der Waals surface area contributed by atoms with Gasteiger partial charge < -0.3 is 9.88 Å². The molecule has 0 aliphatic rings. The molecule has 1 N–H and O–H groups in total. The van der Waals surface area contributed by atoms with E-state index in [4.69, 9.17) is 0 Å². The Labute approximate surface area is 161 Å². The molecule has 0 radical (unpaired) electrons. The van der Waals surface area contributed by atoms with Crippen LogP contribution in [-0.4, -0.2) is 20.3 Å². The second-order valence-electron chi connectivity index (χ2n) is 6.82. The monoisotopic (exact) mass is 366 g/mol. The molecule has 0 atom stereocenters. The lowest BCUT2D eigenvalue weighted by molar-refractivity contribution is 0.102. The summed E-state index contributed by atoms with van der Waals surface area (Å²) in [6.45, 7) is 0. The van der Waals surface area contributed by atoms with Crippen LogP contribution in [0.15, 0.2) is 85.2 Å². The SMILES string of the molecule is Cn1ccc2cc(NC(=O)c3ccc(-n4ncc5ccccc54)cc3)ccc21. The van der Waals surface area contributed by atoms with Crippen LogP contribution in [0.3, 0.4) is 0 Å². The van der Waals surface area contributed by atoms with Crippen molar-refractivity contribution in [3.05, 3.63) is 90.8 Å². The minimum absolute atomic E-state index is 0.132. The van der Waals surface area contributed by atoms with Crippen LogP contribution >= 0.6 is 0 Å². The third-order valence-electron chi connectivity index (χ3n) is 4.99. The molecule has 5 aromatic rings. The van der Waals surface area contributed by atoms with Gasteiger partial charge in [0.05, 0.1) is 17.4 Å². The number of hydrogen-bond acceptors (Lipinski definition) is 2. The summed E-state index contributed by atoms with van der Waals surface area (Å²) >= 11 is 0. The number of anilines is 1. The van der Waals surface area contributed by atoms with Crippen molar-refractivity contribution in [3.8, 4) is 5.69 Å². The zero-order valence-corrected chi connectivity index (χ0v) is 15.3. The smallest absolute Gasteiger partial charge is 0.255 e. The first-order valence-electron chi connectivity index (χ1n) is 9.09. The maximum atomic E-state index is 12.6. The Morgan fingerprint density at radius 2 is 1.71 bits per heavy atom. The molecule has 0 fully saturated rings. The van der Waals surface area contributed by atoms with Crippen LogP contribution in [0.4, 0.5) is 5.69 Å². The average Bonchev–Trinajstić information content (AvgIpc) is 3.32. The lowest BCUT2D eigenvalue weighted by Gasteiger charge is -2.08. The van der Waals surface area contributed by atoms with Gasteiger partial charge in [0.25, 0.3) is 5.91 Å². The minimum atomic E-state index is -0.132. The summed E-state index contributed by atoms with van der Waals surface area (Å²) < 4.78 is 3.93. The van der Waals surface area contributed by atoms with Gasteiger partial charge in [-0.3, -0.25) is 4.79 Å². The Balaban J connectivity index is 1.39. The van der Waals surface area contributed by atoms with Crippen molar-refractivity contribution >= 4 is 33.4 Å². The summed E-state index contributed by atoms with van der Waals surface area (Å²) in [4.78, 5) is 12.6. The lowest BCUT2D eigenvalue weighted by atomic mass is 10.1. The topological polar surface area (TPSA) is 51.9 Å². The summed E-state index contributed by atoms with van der Waals surface area (Å²) in [5, 5.41) is 9.61. The van der Waals surface area contributed by atoms with Gasteiger partial charge in [0.1, 0.15) is 0 Å². The molecule has 5 nitrogen and oxygen atoms in total. The summed E-state index contributed by atoms with van der Waals surface area (Å²) in [6.07, 6.45) is 3.85. The molecule has 0 saturated carbocycles. The van der Waals surface area contributed by atoms with E-state index in [9.17, 15) is 4.79 Å². The summed E-state index contributed by atoms with van der Waals surface area (Å²) in [5.74, 6) is -0.132. The molecule has 0 bridgehead atoms. The first kappa shape index (κ1) is 16.3. The van der Waals surface area contributed by atoms with Gasteiger partial charge in [-0.15, -0.1) is 0 Å². The van der Waals surface area contributed by atoms with Crippen molar-refractivity contribution in [2.24, 2.45) is 7.05 Å². The van der Waals surface area contributed by atoms with Crippen LogP contribution in [-0.2, 0) is 7.05 Å². The molecule has 0 aliphatic carbocycles. The van der Waals surface area contributed by atoms with Crippen molar-refractivity contribution in [3.63, 3.8) is 0 Å². The average molecular weight is 366 g/mol. The van der Waals surface area contributed by atoms with Gasteiger partial charge in [-0.05, 0) is 54.6 Å². The molecule has 5 rings (SSSR count). The fourth-order valence-electron chi connectivity index (χ4n) is 3.49. The molecule has 0 saturated heterocycles. The van der Waals surface area contributed by atoms with Crippen molar-refractivity contribution in [1.82, 2.24) is 14.3 Å². The van der Waals surface area contributed by atoms with E-state index in [0.717, 1.165) is 33.2 Å². The van der Waals surface area contributed by atoms with Crippen LogP contribution < -0.4 is 5.32 Å². The summed E-state index contributed by atoms with van der Waals surface area (Å²) in [7, 11) is 2.00. The number of para-hydroxylation sites is 1. The molecular formula is C23H18N4O. The third-order valence-corrected chi connectivity index (χ3v) is 4.99. The zero-order valence-electron chi connectivity index (χ0n) is 15.3. The van der Waals surface area contributed by atoms with Gasteiger partial charge in [-0.25, -0.2) is 4.68 Å². The molecule has 5 heteroatoms. The molecular weight excluding hydrogens is 348 g/mol. The number of nitrogens with one attached hydrogen (secondary N) is 1. The summed E-state index contributed by atoms with van der Waals surface area (Å²) in [5.41, 5.74) is 4.48. The third kappa shape index (κ3) is 2.74. The lowest BCUT2D eigenvalue weighted by Crippen LogP contribution is -2.12. The van der Waals surface area contributed by atoms with E-state index < -0.39 is 0 Å². The Morgan fingerprint density at radius 3 is 2.57 bits per heavy atom. The highest BCUT2D eigenvalue weighted by atomic mass is 16.1. The van der Waals surface area contributed by atoms with Crippen LogP contribution in [0.1, 0.15) is 10.4 Å². The maximum absolute atomic E-state index is 12.6. The molecule has 0 spiro atoms. The Kier molecular flexibility index (Phi) is 3.72. The van der Waals surface area contributed by atoms with Crippen molar-refractivity contribution in [2.45, 2.75) is 0 Å². The van der Waals surface area contributed by atoms with Gasteiger partial charge in [-0.1, -0.05) is 18.2 Å². The largest absolute Gasteiger partial charge is 0.351 e. The first-order valence-corrected chi connectivity index (χ1v) is 9.09. The molecule has 136 valence electrons. The molecule has 0 unspecified atom stereocenters. The fraction of sp³-hybridized carbons (Fsp3) is 0.0435. The van der Waals surface area contributed by atoms with Crippen LogP contribution in [0.2, 0.25) is 0 Å². The van der Waals surface area contributed by atoms with E-state index in [2.05, 4.69) is 15.0 Å². The van der Waals surface area contributed by atoms with Gasteiger partial charge >= 0.3 is 0 Å². The second-order valence-corrected chi connectivity index (χ2v) is 6.82.